The molecule has 0 heterocycles. The van der Waals surface area contributed by atoms with Gasteiger partial charge in [0.1, 0.15) is 0 Å². The fourth-order valence-electron chi connectivity index (χ4n) is 1.81. The standard InChI is InChI=1S/C11H19Br/c1-3-5-7-10-9-11(10,12)8-6-4-2/h4,10H,2-3,5-9H2,1H3/t10-,11-/m0/s1. The predicted octanol–water partition coefficient (Wildman–Crippen LogP) is 4.30. The van der Waals surface area contributed by atoms with Gasteiger partial charge in [-0.1, -0.05) is 41.8 Å². The van der Waals surface area contributed by atoms with Crippen LogP contribution in [0.1, 0.15) is 45.4 Å². The fraction of sp³-hybridized carbons (Fsp3) is 0.818. The van der Waals surface area contributed by atoms with Gasteiger partial charge in [-0.15, -0.1) is 6.58 Å². The number of rotatable bonds is 6. The van der Waals surface area contributed by atoms with E-state index in [-0.39, 0.29) is 0 Å². The molecule has 0 radical (unpaired) electrons. The average Bonchev–Trinajstić information content (AvgIpc) is 2.71. The maximum absolute atomic E-state index is 3.84. The number of halogens is 1. The Morgan fingerprint density at radius 3 is 3.00 bits per heavy atom. The van der Waals surface area contributed by atoms with Crippen molar-refractivity contribution in [3.8, 4) is 0 Å². The van der Waals surface area contributed by atoms with Crippen molar-refractivity contribution in [2.45, 2.75) is 49.8 Å². The Hall–Kier alpha value is 0.220. The van der Waals surface area contributed by atoms with E-state index in [9.17, 15) is 0 Å². The lowest BCUT2D eigenvalue weighted by atomic mass is 10.1. The molecule has 1 fully saturated rings. The van der Waals surface area contributed by atoms with Gasteiger partial charge >= 0.3 is 0 Å². The third-order valence-electron chi connectivity index (χ3n) is 2.83. The first-order valence-corrected chi connectivity index (χ1v) is 5.82. The van der Waals surface area contributed by atoms with Crippen molar-refractivity contribution in [3.05, 3.63) is 12.7 Å². The van der Waals surface area contributed by atoms with Gasteiger partial charge in [0.15, 0.2) is 0 Å². The molecule has 1 saturated carbocycles. The molecule has 0 spiro atoms. The third-order valence-corrected chi connectivity index (χ3v) is 4.20. The molecule has 1 aliphatic carbocycles. The summed E-state index contributed by atoms with van der Waals surface area (Å²) in [4.78, 5) is 0. The molecule has 0 unspecified atom stereocenters. The number of allylic oxidation sites excluding steroid dienone is 1. The highest BCUT2D eigenvalue weighted by Gasteiger charge is 2.50. The fourth-order valence-corrected chi connectivity index (χ4v) is 2.66. The maximum atomic E-state index is 3.84. The van der Waals surface area contributed by atoms with Crippen molar-refractivity contribution >= 4 is 15.9 Å². The van der Waals surface area contributed by atoms with Crippen LogP contribution in [-0.4, -0.2) is 4.32 Å². The molecule has 70 valence electrons. The van der Waals surface area contributed by atoms with E-state index in [1.165, 1.54) is 32.1 Å². The largest absolute Gasteiger partial charge is 0.103 e. The van der Waals surface area contributed by atoms with Crippen LogP contribution >= 0.6 is 15.9 Å². The molecular formula is C11H19Br. The summed E-state index contributed by atoms with van der Waals surface area (Å²) >= 11 is 3.84. The summed E-state index contributed by atoms with van der Waals surface area (Å²) in [5.41, 5.74) is 0. The molecule has 0 nitrogen and oxygen atoms in total. The molecule has 0 saturated heterocycles. The van der Waals surface area contributed by atoms with E-state index in [2.05, 4.69) is 29.4 Å². The second-order valence-electron chi connectivity index (χ2n) is 3.91. The van der Waals surface area contributed by atoms with Crippen LogP contribution in [0.15, 0.2) is 12.7 Å². The van der Waals surface area contributed by atoms with Gasteiger partial charge in [-0.25, -0.2) is 0 Å². The van der Waals surface area contributed by atoms with Gasteiger partial charge in [-0.3, -0.25) is 0 Å². The quantitative estimate of drug-likeness (QED) is 0.472. The second-order valence-corrected chi connectivity index (χ2v) is 5.48. The van der Waals surface area contributed by atoms with Crippen molar-refractivity contribution in [1.82, 2.24) is 0 Å². The summed E-state index contributed by atoms with van der Waals surface area (Å²) in [5, 5.41) is 0. The van der Waals surface area contributed by atoms with E-state index in [0.717, 1.165) is 12.3 Å². The zero-order chi connectivity index (χ0) is 9.03. The molecule has 0 bridgehead atoms. The number of hydrogen-bond acceptors (Lipinski definition) is 0. The Morgan fingerprint density at radius 2 is 2.42 bits per heavy atom. The highest BCUT2D eigenvalue weighted by molar-refractivity contribution is 9.10. The zero-order valence-electron chi connectivity index (χ0n) is 7.98. The molecule has 12 heavy (non-hydrogen) atoms. The number of unbranched alkanes of at least 4 members (excludes halogenated alkanes) is 1. The van der Waals surface area contributed by atoms with Gasteiger partial charge in [0.2, 0.25) is 0 Å². The summed E-state index contributed by atoms with van der Waals surface area (Å²) in [6, 6.07) is 0. The van der Waals surface area contributed by atoms with E-state index in [0.29, 0.717) is 4.32 Å². The van der Waals surface area contributed by atoms with Crippen LogP contribution in [0.4, 0.5) is 0 Å². The van der Waals surface area contributed by atoms with Crippen molar-refractivity contribution in [2.75, 3.05) is 0 Å². The van der Waals surface area contributed by atoms with Gasteiger partial charge in [-0.05, 0) is 31.6 Å². The Morgan fingerprint density at radius 1 is 1.67 bits per heavy atom. The van der Waals surface area contributed by atoms with Crippen LogP contribution in [0.5, 0.6) is 0 Å². The van der Waals surface area contributed by atoms with Crippen molar-refractivity contribution in [1.29, 1.82) is 0 Å². The molecule has 0 amide bonds. The summed E-state index contributed by atoms with van der Waals surface area (Å²) < 4.78 is 0.510. The highest BCUT2D eigenvalue weighted by atomic mass is 79.9. The third kappa shape index (κ3) is 2.62. The highest BCUT2D eigenvalue weighted by Crippen LogP contribution is 2.56. The predicted molar refractivity (Wildman–Crippen MR) is 58.7 cm³/mol. The Bertz CT molecular complexity index is 153. The van der Waals surface area contributed by atoms with Gasteiger partial charge < -0.3 is 0 Å². The van der Waals surface area contributed by atoms with Crippen molar-refractivity contribution < 1.29 is 0 Å². The van der Waals surface area contributed by atoms with Crippen LogP contribution in [0.3, 0.4) is 0 Å². The summed E-state index contributed by atoms with van der Waals surface area (Å²) in [6.07, 6.45) is 10.0. The first kappa shape index (κ1) is 10.3. The molecule has 0 aromatic carbocycles. The number of hydrogen-bond donors (Lipinski definition) is 0. The zero-order valence-corrected chi connectivity index (χ0v) is 9.57. The molecular weight excluding hydrogens is 212 g/mol. The van der Waals surface area contributed by atoms with E-state index in [1.807, 2.05) is 6.08 Å². The summed E-state index contributed by atoms with van der Waals surface area (Å²) in [6.45, 7) is 6.02. The molecule has 1 rings (SSSR count). The smallest absolute Gasteiger partial charge is 0.0292 e. The van der Waals surface area contributed by atoms with E-state index >= 15 is 0 Å². The summed E-state index contributed by atoms with van der Waals surface area (Å²) in [7, 11) is 0. The molecule has 0 N–H and O–H groups in total. The van der Waals surface area contributed by atoms with E-state index < -0.39 is 0 Å². The second kappa shape index (κ2) is 4.45. The molecule has 0 aromatic heterocycles. The van der Waals surface area contributed by atoms with Gasteiger partial charge in [-0.2, -0.15) is 0 Å². The SMILES string of the molecule is C=CCC[C@]1(Br)C[C@@H]1CCCC. The summed E-state index contributed by atoms with van der Waals surface area (Å²) in [5.74, 6) is 0.956. The lowest BCUT2D eigenvalue weighted by molar-refractivity contribution is 0.609. The first-order chi connectivity index (χ1) is 5.73. The van der Waals surface area contributed by atoms with Crippen LogP contribution in [0.2, 0.25) is 0 Å². The van der Waals surface area contributed by atoms with Crippen molar-refractivity contribution in [2.24, 2.45) is 5.92 Å². The van der Waals surface area contributed by atoms with Crippen LogP contribution < -0.4 is 0 Å². The minimum atomic E-state index is 0.510. The van der Waals surface area contributed by atoms with E-state index in [1.54, 1.807) is 0 Å². The topological polar surface area (TPSA) is 0 Å². The Labute approximate surface area is 84.6 Å². The average molecular weight is 231 g/mol. The lowest BCUT2D eigenvalue weighted by Gasteiger charge is -2.06. The Balaban J connectivity index is 2.14. The monoisotopic (exact) mass is 230 g/mol. The van der Waals surface area contributed by atoms with Gasteiger partial charge in [0, 0.05) is 4.32 Å². The lowest BCUT2D eigenvalue weighted by Crippen LogP contribution is -2.00. The first-order valence-electron chi connectivity index (χ1n) is 5.02. The molecule has 1 heteroatoms. The van der Waals surface area contributed by atoms with Crippen LogP contribution in [0.25, 0.3) is 0 Å². The molecule has 0 aromatic rings. The van der Waals surface area contributed by atoms with Crippen LogP contribution in [-0.2, 0) is 0 Å². The van der Waals surface area contributed by atoms with Crippen molar-refractivity contribution in [3.63, 3.8) is 0 Å². The molecule has 2 atom stereocenters. The minimum Gasteiger partial charge on any atom is -0.103 e. The minimum absolute atomic E-state index is 0.510. The van der Waals surface area contributed by atoms with E-state index in [4.69, 9.17) is 0 Å². The van der Waals surface area contributed by atoms with Gasteiger partial charge in [0.05, 0.1) is 0 Å². The maximum Gasteiger partial charge on any atom is 0.0292 e. The normalized spacial score (nSPS) is 33.3. The van der Waals surface area contributed by atoms with Crippen LogP contribution in [0, 0.1) is 5.92 Å². The van der Waals surface area contributed by atoms with Gasteiger partial charge in [0.25, 0.3) is 0 Å². The molecule has 1 aliphatic rings. The molecule has 0 aliphatic heterocycles. The number of alkyl halides is 1. The Kier molecular flexibility index (Phi) is 3.82.